The molecule has 2 aromatic rings. The number of benzene rings is 2. The Balaban J connectivity index is 1.85. The average molecular weight is 385 g/mol. The monoisotopic (exact) mass is 384 g/mol. The van der Waals surface area contributed by atoms with Crippen molar-refractivity contribution >= 4 is 35.0 Å². The Hall–Kier alpha value is -2.86. The van der Waals surface area contributed by atoms with Crippen LogP contribution in [0, 0.1) is 0 Å². The smallest absolute Gasteiger partial charge is 0.250 e. The van der Waals surface area contributed by atoms with Crippen molar-refractivity contribution in [1.82, 2.24) is 5.32 Å². The third-order valence-electron chi connectivity index (χ3n) is 3.42. The Morgan fingerprint density at radius 2 is 1.85 bits per heavy atom. The molecule has 0 bridgehead atoms. The van der Waals surface area contributed by atoms with Gasteiger partial charge in [0, 0.05) is 17.8 Å². The highest BCUT2D eigenvalue weighted by Crippen LogP contribution is 2.17. The lowest BCUT2D eigenvalue weighted by Crippen LogP contribution is -2.32. The number of anilines is 1. The summed E-state index contributed by atoms with van der Waals surface area (Å²) in [6, 6.07) is 14.9. The van der Waals surface area contributed by atoms with Crippen LogP contribution in [0.25, 0.3) is 6.08 Å². The van der Waals surface area contributed by atoms with E-state index < -0.39 is 0 Å². The van der Waals surface area contributed by atoms with Gasteiger partial charge in [-0.15, -0.1) is 0 Å². The summed E-state index contributed by atoms with van der Waals surface area (Å²) in [5.41, 5.74) is 1.65. The molecule has 0 aromatic heterocycles. The molecule has 1 amide bonds. The average Bonchev–Trinajstić information content (AvgIpc) is 2.66. The fourth-order valence-electron chi connectivity index (χ4n) is 2.21. The number of hydrogen-bond donors (Lipinski definition) is 2. The van der Waals surface area contributed by atoms with Gasteiger partial charge in [0.1, 0.15) is 11.5 Å². The van der Waals surface area contributed by atoms with Gasteiger partial charge < -0.3 is 14.8 Å². The second kappa shape index (κ2) is 11.0. The van der Waals surface area contributed by atoms with Gasteiger partial charge in [0.15, 0.2) is 5.11 Å². The highest BCUT2D eigenvalue weighted by atomic mass is 32.1. The van der Waals surface area contributed by atoms with Crippen LogP contribution in [0.3, 0.4) is 0 Å². The van der Waals surface area contributed by atoms with Gasteiger partial charge in [0.25, 0.3) is 0 Å². The number of rotatable bonds is 8. The minimum atomic E-state index is -0.306. The van der Waals surface area contributed by atoms with Crippen LogP contribution in [0.4, 0.5) is 5.69 Å². The van der Waals surface area contributed by atoms with E-state index in [1.54, 1.807) is 6.08 Å². The first kappa shape index (κ1) is 20.5. The lowest BCUT2D eigenvalue weighted by Gasteiger charge is -2.10. The summed E-state index contributed by atoms with van der Waals surface area (Å²) in [5, 5.41) is 5.83. The molecule has 0 aliphatic carbocycles. The zero-order valence-corrected chi connectivity index (χ0v) is 16.3. The molecular weight excluding hydrogens is 360 g/mol. The highest BCUT2D eigenvalue weighted by Gasteiger charge is 2.03. The van der Waals surface area contributed by atoms with Crippen LogP contribution >= 0.6 is 12.2 Å². The summed E-state index contributed by atoms with van der Waals surface area (Å²) < 4.78 is 11.0. The number of ether oxygens (including phenoxy) is 2. The van der Waals surface area contributed by atoms with Crippen LogP contribution in [-0.4, -0.2) is 24.2 Å². The van der Waals surface area contributed by atoms with Gasteiger partial charge in [-0.3, -0.25) is 10.1 Å². The van der Waals surface area contributed by atoms with Gasteiger partial charge in [-0.25, -0.2) is 0 Å². The number of thiocarbonyl (C=S) groups is 1. The second-order valence-electron chi connectivity index (χ2n) is 5.66. The van der Waals surface area contributed by atoms with Crippen molar-refractivity contribution in [3.05, 3.63) is 60.2 Å². The first-order chi connectivity index (χ1) is 13.1. The first-order valence-electron chi connectivity index (χ1n) is 8.86. The highest BCUT2D eigenvalue weighted by molar-refractivity contribution is 7.80. The fraction of sp³-hybridized carbons (Fsp3) is 0.238. The molecule has 0 atom stereocenters. The molecule has 2 aromatic carbocycles. The lowest BCUT2D eigenvalue weighted by atomic mass is 10.2. The molecule has 0 fully saturated rings. The maximum absolute atomic E-state index is 12.0. The number of carbonyl (C=O) groups is 1. The van der Waals surface area contributed by atoms with Crippen LogP contribution in [0.1, 0.15) is 25.8 Å². The van der Waals surface area contributed by atoms with Crippen molar-refractivity contribution in [2.75, 3.05) is 18.5 Å². The van der Waals surface area contributed by atoms with E-state index in [1.807, 2.05) is 62.4 Å². The molecule has 0 unspecified atom stereocenters. The normalized spacial score (nSPS) is 10.4. The van der Waals surface area contributed by atoms with Gasteiger partial charge in [-0.1, -0.05) is 25.1 Å². The largest absolute Gasteiger partial charge is 0.494 e. The SMILES string of the molecule is CCCOc1cccc(NC(=S)NC(=O)/C=C/c2ccc(OCC)cc2)c1. The van der Waals surface area contributed by atoms with E-state index in [4.69, 9.17) is 21.7 Å². The Kier molecular flexibility index (Phi) is 8.32. The number of carbonyl (C=O) groups excluding carboxylic acids is 1. The first-order valence-corrected chi connectivity index (χ1v) is 9.27. The topological polar surface area (TPSA) is 59.6 Å². The third-order valence-corrected chi connectivity index (χ3v) is 3.62. The Morgan fingerprint density at radius 1 is 1.07 bits per heavy atom. The van der Waals surface area contributed by atoms with Crippen molar-refractivity contribution < 1.29 is 14.3 Å². The molecule has 0 aliphatic rings. The molecule has 142 valence electrons. The van der Waals surface area contributed by atoms with Gasteiger partial charge in [-0.2, -0.15) is 0 Å². The summed E-state index contributed by atoms with van der Waals surface area (Å²) in [5.74, 6) is 1.25. The summed E-state index contributed by atoms with van der Waals surface area (Å²) in [7, 11) is 0. The molecule has 5 nitrogen and oxygen atoms in total. The van der Waals surface area contributed by atoms with Crippen molar-refractivity contribution in [1.29, 1.82) is 0 Å². The molecule has 0 heterocycles. The van der Waals surface area contributed by atoms with Crippen molar-refractivity contribution in [2.24, 2.45) is 0 Å². The fourth-order valence-corrected chi connectivity index (χ4v) is 2.43. The van der Waals surface area contributed by atoms with E-state index in [0.717, 1.165) is 29.2 Å². The molecule has 0 spiro atoms. The van der Waals surface area contributed by atoms with E-state index in [-0.39, 0.29) is 11.0 Å². The van der Waals surface area contributed by atoms with Crippen LogP contribution in [-0.2, 0) is 4.79 Å². The van der Waals surface area contributed by atoms with Gasteiger partial charge in [0.2, 0.25) is 5.91 Å². The summed E-state index contributed by atoms with van der Waals surface area (Å²) in [6.07, 6.45) is 4.09. The van der Waals surface area contributed by atoms with Crippen LogP contribution < -0.4 is 20.1 Å². The van der Waals surface area contributed by atoms with E-state index >= 15 is 0 Å². The molecule has 2 N–H and O–H groups in total. The number of nitrogens with one attached hydrogen (secondary N) is 2. The minimum absolute atomic E-state index is 0.226. The minimum Gasteiger partial charge on any atom is -0.494 e. The van der Waals surface area contributed by atoms with Gasteiger partial charge >= 0.3 is 0 Å². The van der Waals surface area contributed by atoms with Gasteiger partial charge in [0.05, 0.1) is 13.2 Å². The van der Waals surface area contributed by atoms with Crippen molar-refractivity contribution in [3.63, 3.8) is 0 Å². The van der Waals surface area contributed by atoms with Crippen molar-refractivity contribution in [2.45, 2.75) is 20.3 Å². The zero-order valence-electron chi connectivity index (χ0n) is 15.5. The van der Waals surface area contributed by atoms with E-state index in [1.165, 1.54) is 6.08 Å². The summed E-state index contributed by atoms with van der Waals surface area (Å²) >= 11 is 5.19. The quantitative estimate of drug-likeness (QED) is 0.522. The summed E-state index contributed by atoms with van der Waals surface area (Å²) in [6.45, 7) is 5.26. The van der Waals surface area contributed by atoms with E-state index in [0.29, 0.717) is 13.2 Å². The van der Waals surface area contributed by atoms with E-state index in [9.17, 15) is 4.79 Å². The predicted molar refractivity (Wildman–Crippen MR) is 113 cm³/mol. The Labute approximate surface area is 165 Å². The Bertz CT molecular complexity index is 788. The van der Waals surface area contributed by atoms with E-state index in [2.05, 4.69) is 10.6 Å². The molecule has 0 radical (unpaired) electrons. The molecule has 0 aliphatic heterocycles. The van der Waals surface area contributed by atoms with Crippen LogP contribution in [0.5, 0.6) is 11.5 Å². The summed E-state index contributed by atoms with van der Waals surface area (Å²) in [4.78, 5) is 12.0. The molecular formula is C21H24N2O3S. The van der Waals surface area contributed by atoms with Crippen LogP contribution in [0.15, 0.2) is 54.6 Å². The zero-order chi connectivity index (χ0) is 19.5. The van der Waals surface area contributed by atoms with Crippen molar-refractivity contribution in [3.8, 4) is 11.5 Å². The number of amides is 1. The predicted octanol–water partition coefficient (Wildman–Crippen LogP) is 4.40. The molecule has 0 saturated heterocycles. The maximum Gasteiger partial charge on any atom is 0.250 e. The van der Waals surface area contributed by atoms with Gasteiger partial charge in [-0.05, 0) is 61.5 Å². The molecule has 0 saturated carbocycles. The standard InChI is InChI=1S/C21H24N2O3S/c1-3-14-26-19-7-5-6-17(15-19)22-21(27)23-20(24)13-10-16-8-11-18(12-9-16)25-4-2/h5-13,15H,3-4,14H2,1-2H3,(H2,22,23,24,27)/b13-10+. The van der Waals surface area contributed by atoms with Crippen LogP contribution in [0.2, 0.25) is 0 Å². The lowest BCUT2D eigenvalue weighted by molar-refractivity contribution is -0.115. The molecule has 2 rings (SSSR count). The maximum atomic E-state index is 12.0. The molecule has 27 heavy (non-hydrogen) atoms. The number of hydrogen-bond acceptors (Lipinski definition) is 4. The second-order valence-corrected chi connectivity index (χ2v) is 6.06. The molecule has 6 heteroatoms. The third kappa shape index (κ3) is 7.50. The Morgan fingerprint density at radius 3 is 2.56 bits per heavy atom.